The predicted octanol–water partition coefficient (Wildman–Crippen LogP) is 3.54. The van der Waals surface area contributed by atoms with Crippen LogP contribution < -0.4 is 0 Å². The zero-order chi connectivity index (χ0) is 14.7. The van der Waals surface area contributed by atoms with Crippen LogP contribution in [-0.2, 0) is 10.1 Å². The molecule has 0 heterocycles. The zero-order valence-corrected chi connectivity index (χ0v) is 13.2. The van der Waals surface area contributed by atoms with Crippen LogP contribution in [0.5, 0.6) is 0 Å². The molecule has 0 saturated heterocycles. The largest absolute Gasteiger partial charge is 0.393 e. The van der Waals surface area contributed by atoms with Gasteiger partial charge < -0.3 is 5.11 Å². The van der Waals surface area contributed by atoms with Crippen molar-refractivity contribution in [3.05, 3.63) is 0 Å². The van der Waals surface area contributed by atoms with Gasteiger partial charge in [-0.2, -0.15) is 8.42 Å². The van der Waals surface area contributed by atoms with E-state index in [4.69, 9.17) is 0 Å². The Morgan fingerprint density at radius 1 is 0.895 bits per heavy atom. The van der Waals surface area contributed by atoms with Gasteiger partial charge >= 0.3 is 0 Å². The van der Waals surface area contributed by atoms with Crippen molar-refractivity contribution < 1.29 is 18.1 Å². The van der Waals surface area contributed by atoms with Crippen molar-refractivity contribution >= 4 is 10.1 Å². The third-order valence-electron chi connectivity index (χ3n) is 3.59. The fraction of sp³-hybridized carbons (Fsp3) is 1.00. The molecule has 4 nitrogen and oxygen atoms in total. The molecule has 2 atom stereocenters. The van der Waals surface area contributed by atoms with Crippen molar-refractivity contribution in [1.82, 2.24) is 0 Å². The van der Waals surface area contributed by atoms with E-state index in [1.807, 2.05) is 6.92 Å². The van der Waals surface area contributed by atoms with Crippen LogP contribution in [0.1, 0.15) is 78.1 Å². The third-order valence-corrected chi connectivity index (χ3v) is 4.90. The molecule has 0 aromatic rings. The summed E-state index contributed by atoms with van der Waals surface area (Å²) in [5.74, 6) is 0. The second-order valence-electron chi connectivity index (χ2n) is 5.33. The lowest BCUT2D eigenvalue weighted by Crippen LogP contribution is -2.20. The lowest BCUT2D eigenvalue weighted by Gasteiger charge is -2.14. The van der Waals surface area contributed by atoms with Crippen LogP contribution in [0.3, 0.4) is 0 Å². The summed E-state index contributed by atoms with van der Waals surface area (Å²) in [6.45, 7) is 4.04. The molecule has 0 rings (SSSR count). The van der Waals surface area contributed by atoms with Crippen LogP contribution in [0.25, 0.3) is 0 Å². The minimum atomic E-state index is -3.92. The average Bonchev–Trinajstić information content (AvgIpc) is 2.34. The van der Waals surface area contributed by atoms with Gasteiger partial charge in [0.15, 0.2) is 0 Å². The van der Waals surface area contributed by atoms with E-state index in [2.05, 4.69) is 6.92 Å². The molecule has 0 aliphatic rings. The molecule has 0 aromatic carbocycles. The number of unbranched alkanes of at least 4 members (excludes halogenated alkanes) is 4. The van der Waals surface area contributed by atoms with E-state index in [1.165, 1.54) is 0 Å². The van der Waals surface area contributed by atoms with Gasteiger partial charge in [0.2, 0.25) is 0 Å². The minimum absolute atomic E-state index is 0.284. The summed E-state index contributed by atoms with van der Waals surface area (Å²) >= 11 is 0. The summed E-state index contributed by atoms with van der Waals surface area (Å²) in [7, 11) is -3.92. The molecule has 2 unspecified atom stereocenters. The number of rotatable bonds is 12. The van der Waals surface area contributed by atoms with Gasteiger partial charge in [0.05, 0.1) is 11.4 Å². The molecule has 5 heteroatoms. The maximum atomic E-state index is 11.3. The number of hydrogen-bond acceptors (Lipinski definition) is 3. The molecular formula is C14H30O4S. The van der Waals surface area contributed by atoms with Crippen LogP contribution in [0.4, 0.5) is 0 Å². The lowest BCUT2D eigenvalue weighted by molar-refractivity contribution is 0.156. The summed E-state index contributed by atoms with van der Waals surface area (Å²) < 4.78 is 31.8. The first-order valence-electron chi connectivity index (χ1n) is 7.56. The fourth-order valence-electron chi connectivity index (χ4n) is 2.20. The topological polar surface area (TPSA) is 74.6 Å². The Bertz CT molecular complexity index is 301. The van der Waals surface area contributed by atoms with Crippen LogP contribution in [0.2, 0.25) is 0 Å². The number of hydrogen-bond donors (Lipinski definition) is 2. The number of aliphatic hydroxyl groups excluding tert-OH is 1. The van der Waals surface area contributed by atoms with Gasteiger partial charge in [-0.05, 0) is 25.7 Å². The Morgan fingerprint density at radius 3 is 1.89 bits per heavy atom. The summed E-state index contributed by atoms with van der Waals surface area (Å²) in [6, 6.07) is 0. The Hall–Kier alpha value is -0.130. The van der Waals surface area contributed by atoms with Gasteiger partial charge in [-0.1, -0.05) is 52.4 Å². The Balaban J connectivity index is 3.95. The van der Waals surface area contributed by atoms with Crippen LogP contribution in [0.15, 0.2) is 0 Å². The predicted molar refractivity (Wildman–Crippen MR) is 78.9 cm³/mol. The molecule has 0 amide bonds. The first-order chi connectivity index (χ1) is 8.91. The third kappa shape index (κ3) is 10.3. The summed E-state index contributed by atoms with van der Waals surface area (Å²) in [4.78, 5) is 0. The quantitative estimate of drug-likeness (QED) is 0.426. The molecular weight excluding hydrogens is 264 g/mol. The van der Waals surface area contributed by atoms with Gasteiger partial charge in [0.25, 0.3) is 10.1 Å². The van der Waals surface area contributed by atoms with E-state index in [0.717, 1.165) is 44.9 Å². The van der Waals surface area contributed by atoms with Gasteiger partial charge in [-0.3, -0.25) is 4.55 Å². The summed E-state index contributed by atoms with van der Waals surface area (Å²) in [5, 5.41) is 8.79. The first-order valence-corrected chi connectivity index (χ1v) is 9.06. The molecule has 19 heavy (non-hydrogen) atoms. The molecule has 0 spiro atoms. The van der Waals surface area contributed by atoms with Gasteiger partial charge in [0, 0.05) is 0 Å². The van der Waals surface area contributed by atoms with E-state index < -0.39 is 15.4 Å². The van der Waals surface area contributed by atoms with Crippen LogP contribution in [-0.4, -0.2) is 29.4 Å². The molecule has 0 aliphatic carbocycles. The Labute approximate surface area is 118 Å². The van der Waals surface area contributed by atoms with Gasteiger partial charge in [0.1, 0.15) is 0 Å². The first kappa shape index (κ1) is 18.9. The van der Waals surface area contributed by atoms with Crippen molar-refractivity contribution in [3.8, 4) is 0 Å². The SMILES string of the molecule is CCCCCCC(CCCCC(O)CC)S(=O)(=O)O. The summed E-state index contributed by atoms with van der Waals surface area (Å²) in [5.41, 5.74) is 0. The molecule has 0 fully saturated rings. The molecule has 116 valence electrons. The maximum Gasteiger partial charge on any atom is 0.267 e. The van der Waals surface area contributed by atoms with Gasteiger partial charge in [-0.25, -0.2) is 0 Å². The van der Waals surface area contributed by atoms with E-state index in [-0.39, 0.29) is 6.10 Å². The van der Waals surface area contributed by atoms with Crippen molar-refractivity contribution in [2.75, 3.05) is 0 Å². The number of aliphatic hydroxyl groups is 1. The fourth-order valence-corrected chi connectivity index (χ4v) is 3.13. The van der Waals surface area contributed by atoms with E-state index in [1.54, 1.807) is 0 Å². The molecule has 0 saturated carbocycles. The highest BCUT2D eigenvalue weighted by atomic mass is 32.2. The zero-order valence-electron chi connectivity index (χ0n) is 12.3. The maximum absolute atomic E-state index is 11.3. The summed E-state index contributed by atoms with van der Waals surface area (Å²) in [6.07, 6.45) is 7.89. The highest BCUT2D eigenvalue weighted by Gasteiger charge is 2.21. The van der Waals surface area contributed by atoms with Crippen molar-refractivity contribution in [2.24, 2.45) is 0 Å². The molecule has 0 bridgehead atoms. The average molecular weight is 294 g/mol. The lowest BCUT2D eigenvalue weighted by atomic mass is 10.0. The van der Waals surface area contributed by atoms with E-state index >= 15 is 0 Å². The van der Waals surface area contributed by atoms with E-state index in [0.29, 0.717) is 19.3 Å². The molecule has 0 aromatic heterocycles. The van der Waals surface area contributed by atoms with Gasteiger partial charge in [-0.15, -0.1) is 0 Å². The molecule has 0 radical (unpaired) electrons. The van der Waals surface area contributed by atoms with Crippen molar-refractivity contribution in [3.63, 3.8) is 0 Å². The normalized spacial score (nSPS) is 15.4. The monoisotopic (exact) mass is 294 g/mol. The van der Waals surface area contributed by atoms with E-state index in [9.17, 15) is 18.1 Å². The standard InChI is InChI=1S/C14H30O4S/c1-3-5-6-7-11-14(19(16,17)18)12-9-8-10-13(15)4-2/h13-15H,3-12H2,1-2H3,(H,16,17,18). The van der Waals surface area contributed by atoms with Crippen LogP contribution >= 0.6 is 0 Å². The Kier molecular flexibility index (Phi) is 10.6. The molecule has 2 N–H and O–H groups in total. The highest BCUT2D eigenvalue weighted by Crippen LogP contribution is 2.18. The minimum Gasteiger partial charge on any atom is -0.393 e. The smallest absolute Gasteiger partial charge is 0.267 e. The Morgan fingerprint density at radius 2 is 1.42 bits per heavy atom. The van der Waals surface area contributed by atoms with Crippen LogP contribution in [0, 0.1) is 0 Å². The highest BCUT2D eigenvalue weighted by molar-refractivity contribution is 7.86. The van der Waals surface area contributed by atoms with Crippen molar-refractivity contribution in [2.45, 2.75) is 89.4 Å². The second-order valence-corrected chi connectivity index (χ2v) is 7.03. The molecule has 0 aliphatic heterocycles. The second kappa shape index (κ2) is 10.6. The van der Waals surface area contributed by atoms with Crippen molar-refractivity contribution in [1.29, 1.82) is 0 Å².